The van der Waals surface area contributed by atoms with Crippen LogP contribution in [-0.4, -0.2) is 13.6 Å². The number of anilines is 1. The normalized spacial score (nSPS) is 10.7. The van der Waals surface area contributed by atoms with Gasteiger partial charge >= 0.3 is 0 Å². The molecule has 1 N–H and O–H groups in total. The lowest BCUT2D eigenvalue weighted by Crippen LogP contribution is -2.20. The Bertz CT molecular complexity index is 578. The quantitative estimate of drug-likeness (QED) is 0.867. The second-order valence-electron chi connectivity index (χ2n) is 5.40. The van der Waals surface area contributed by atoms with Gasteiger partial charge in [-0.1, -0.05) is 36.8 Å². The van der Waals surface area contributed by atoms with Gasteiger partial charge in [-0.3, -0.25) is 0 Å². The highest BCUT2D eigenvalue weighted by molar-refractivity contribution is 5.54. The van der Waals surface area contributed by atoms with Gasteiger partial charge in [0.1, 0.15) is 5.82 Å². The highest BCUT2D eigenvalue weighted by Gasteiger charge is 2.08. The molecule has 0 fully saturated rings. The Morgan fingerprint density at radius 1 is 1.10 bits per heavy atom. The third-order valence-electron chi connectivity index (χ3n) is 3.54. The molecule has 0 aliphatic rings. The molecule has 0 saturated carbocycles. The lowest BCUT2D eigenvalue weighted by Gasteiger charge is -2.23. The van der Waals surface area contributed by atoms with Crippen LogP contribution in [0.2, 0.25) is 0 Å². The van der Waals surface area contributed by atoms with E-state index in [1.165, 1.54) is 28.9 Å². The zero-order valence-electron chi connectivity index (χ0n) is 13.0. The minimum atomic E-state index is -0.190. The molecular weight excluding hydrogens is 263 g/mol. The SMILES string of the molecule is CCNCc1cc(C)ccc1N(C)Cc1ccc(F)cc1. The predicted octanol–water partition coefficient (Wildman–Crippen LogP) is 3.88. The first-order valence-electron chi connectivity index (χ1n) is 7.36. The van der Waals surface area contributed by atoms with Crippen molar-refractivity contribution in [3.05, 3.63) is 65.0 Å². The molecule has 3 heteroatoms. The van der Waals surface area contributed by atoms with Gasteiger partial charge in [0.05, 0.1) is 0 Å². The summed E-state index contributed by atoms with van der Waals surface area (Å²) in [6, 6.07) is 13.2. The summed E-state index contributed by atoms with van der Waals surface area (Å²) in [7, 11) is 2.07. The molecule has 112 valence electrons. The first-order chi connectivity index (χ1) is 10.1. The van der Waals surface area contributed by atoms with E-state index in [9.17, 15) is 4.39 Å². The first-order valence-corrected chi connectivity index (χ1v) is 7.36. The summed E-state index contributed by atoms with van der Waals surface area (Å²) in [5, 5.41) is 3.38. The predicted molar refractivity (Wildman–Crippen MR) is 87.1 cm³/mol. The fourth-order valence-corrected chi connectivity index (χ4v) is 2.44. The second-order valence-corrected chi connectivity index (χ2v) is 5.40. The molecule has 2 aromatic rings. The van der Waals surface area contributed by atoms with E-state index < -0.39 is 0 Å². The average molecular weight is 286 g/mol. The molecule has 0 radical (unpaired) electrons. The van der Waals surface area contributed by atoms with Crippen molar-refractivity contribution in [1.82, 2.24) is 5.32 Å². The average Bonchev–Trinajstić information content (AvgIpc) is 2.47. The molecule has 0 aliphatic heterocycles. The van der Waals surface area contributed by atoms with Gasteiger partial charge in [0.2, 0.25) is 0 Å². The maximum Gasteiger partial charge on any atom is 0.123 e. The van der Waals surface area contributed by atoms with Gasteiger partial charge in [0.25, 0.3) is 0 Å². The summed E-state index contributed by atoms with van der Waals surface area (Å²) in [6.07, 6.45) is 0. The van der Waals surface area contributed by atoms with Gasteiger partial charge in [-0.2, -0.15) is 0 Å². The second kappa shape index (κ2) is 7.23. The molecular formula is C18H23FN2. The van der Waals surface area contributed by atoms with Crippen molar-refractivity contribution in [3.63, 3.8) is 0 Å². The van der Waals surface area contributed by atoms with E-state index in [0.717, 1.165) is 25.2 Å². The third-order valence-corrected chi connectivity index (χ3v) is 3.54. The number of halogens is 1. The summed E-state index contributed by atoms with van der Waals surface area (Å²) in [6.45, 7) is 6.80. The Kier molecular flexibility index (Phi) is 5.34. The van der Waals surface area contributed by atoms with E-state index in [1.54, 1.807) is 0 Å². The Morgan fingerprint density at radius 2 is 1.81 bits per heavy atom. The fraction of sp³-hybridized carbons (Fsp3) is 0.333. The highest BCUT2D eigenvalue weighted by atomic mass is 19.1. The van der Waals surface area contributed by atoms with E-state index in [1.807, 2.05) is 12.1 Å². The minimum Gasteiger partial charge on any atom is -0.370 e. The standard InChI is InChI=1S/C18H23FN2/c1-4-20-12-16-11-14(2)5-10-18(16)21(3)13-15-6-8-17(19)9-7-15/h5-11,20H,4,12-13H2,1-3H3. The van der Waals surface area contributed by atoms with E-state index in [0.29, 0.717) is 0 Å². The number of hydrogen-bond acceptors (Lipinski definition) is 2. The molecule has 0 amide bonds. The van der Waals surface area contributed by atoms with Gasteiger partial charge in [0.15, 0.2) is 0 Å². The Labute approximate surface area is 126 Å². The van der Waals surface area contributed by atoms with Gasteiger partial charge in [0, 0.05) is 25.8 Å². The van der Waals surface area contributed by atoms with Crippen molar-refractivity contribution in [2.75, 3.05) is 18.5 Å². The van der Waals surface area contributed by atoms with Crippen LogP contribution < -0.4 is 10.2 Å². The molecule has 0 aliphatic carbocycles. The van der Waals surface area contributed by atoms with Crippen LogP contribution in [0.15, 0.2) is 42.5 Å². The van der Waals surface area contributed by atoms with Crippen molar-refractivity contribution in [3.8, 4) is 0 Å². The highest BCUT2D eigenvalue weighted by Crippen LogP contribution is 2.22. The molecule has 21 heavy (non-hydrogen) atoms. The van der Waals surface area contributed by atoms with Crippen molar-refractivity contribution >= 4 is 5.69 Å². The van der Waals surface area contributed by atoms with Crippen LogP contribution in [0.3, 0.4) is 0 Å². The van der Waals surface area contributed by atoms with Crippen LogP contribution >= 0.6 is 0 Å². The Hall–Kier alpha value is -1.87. The molecule has 0 aromatic heterocycles. The number of hydrogen-bond donors (Lipinski definition) is 1. The topological polar surface area (TPSA) is 15.3 Å². The maximum absolute atomic E-state index is 13.0. The van der Waals surface area contributed by atoms with Gasteiger partial charge in [-0.25, -0.2) is 4.39 Å². The van der Waals surface area contributed by atoms with Crippen molar-refractivity contribution in [2.45, 2.75) is 26.9 Å². The molecule has 0 atom stereocenters. The van der Waals surface area contributed by atoms with E-state index in [-0.39, 0.29) is 5.82 Å². The molecule has 0 spiro atoms. The van der Waals surface area contributed by atoms with Crippen LogP contribution in [0.5, 0.6) is 0 Å². The van der Waals surface area contributed by atoms with Gasteiger partial charge in [-0.05, 0) is 42.8 Å². The molecule has 2 aromatic carbocycles. The summed E-state index contributed by atoms with van der Waals surface area (Å²) in [5.74, 6) is -0.190. The van der Waals surface area contributed by atoms with Crippen molar-refractivity contribution in [2.24, 2.45) is 0 Å². The van der Waals surface area contributed by atoms with Gasteiger partial charge < -0.3 is 10.2 Å². The van der Waals surface area contributed by atoms with Crippen LogP contribution in [0.1, 0.15) is 23.6 Å². The number of nitrogens with zero attached hydrogens (tertiary/aromatic N) is 1. The monoisotopic (exact) mass is 286 g/mol. The zero-order valence-corrected chi connectivity index (χ0v) is 13.0. The van der Waals surface area contributed by atoms with Crippen LogP contribution in [-0.2, 0) is 13.1 Å². The number of nitrogens with one attached hydrogen (secondary N) is 1. The zero-order chi connectivity index (χ0) is 15.2. The van der Waals surface area contributed by atoms with Crippen LogP contribution in [0.4, 0.5) is 10.1 Å². The number of aryl methyl sites for hydroxylation is 1. The largest absolute Gasteiger partial charge is 0.370 e. The van der Waals surface area contributed by atoms with E-state index >= 15 is 0 Å². The lowest BCUT2D eigenvalue weighted by atomic mass is 10.1. The molecule has 0 heterocycles. The first kappa shape index (κ1) is 15.5. The maximum atomic E-state index is 13.0. The van der Waals surface area contributed by atoms with Crippen LogP contribution in [0, 0.1) is 12.7 Å². The summed E-state index contributed by atoms with van der Waals surface area (Å²) in [4.78, 5) is 2.21. The summed E-state index contributed by atoms with van der Waals surface area (Å²) >= 11 is 0. The Balaban J connectivity index is 2.17. The molecule has 0 saturated heterocycles. The number of rotatable bonds is 6. The van der Waals surface area contributed by atoms with E-state index in [4.69, 9.17) is 0 Å². The smallest absolute Gasteiger partial charge is 0.123 e. The van der Waals surface area contributed by atoms with Crippen LogP contribution in [0.25, 0.3) is 0 Å². The molecule has 0 bridgehead atoms. The lowest BCUT2D eigenvalue weighted by molar-refractivity contribution is 0.627. The summed E-state index contributed by atoms with van der Waals surface area (Å²) < 4.78 is 13.0. The molecule has 0 unspecified atom stereocenters. The Morgan fingerprint density at radius 3 is 2.48 bits per heavy atom. The van der Waals surface area contributed by atoms with E-state index in [2.05, 4.69) is 49.3 Å². The van der Waals surface area contributed by atoms with Crippen molar-refractivity contribution < 1.29 is 4.39 Å². The van der Waals surface area contributed by atoms with Crippen molar-refractivity contribution in [1.29, 1.82) is 0 Å². The molecule has 2 rings (SSSR count). The molecule has 2 nitrogen and oxygen atoms in total. The number of benzene rings is 2. The minimum absolute atomic E-state index is 0.190. The van der Waals surface area contributed by atoms with Gasteiger partial charge in [-0.15, -0.1) is 0 Å². The summed E-state index contributed by atoms with van der Waals surface area (Å²) in [5.41, 5.74) is 4.88. The fourth-order valence-electron chi connectivity index (χ4n) is 2.44. The third kappa shape index (κ3) is 4.30.